The lowest BCUT2D eigenvalue weighted by molar-refractivity contribution is 0.304. The van der Waals surface area contributed by atoms with E-state index in [1.807, 2.05) is 30.3 Å². The molecule has 2 N–H and O–H groups in total. The van der Waals surface area contributed by atoms with Crippen molar-refractivity contribution in [3.05, 3.63) is 65.7 Å². The number of phenolic OH excluding ortho intramolecular Hbond substituents is 2. The number of aromatic hydroxyl groups is 2. The Bertz CT molecular complexity index is 1340. The van der Waals surface area contributed by atoms with Crippen molar-refractivity contribution in [3.63, 3.8) is 0 Å². The first-order chi connectivity index (χ1) is 22.0. The molecule has 0 saturated heterocycles. The van der Waals surface area contributed by atoms with Crippen LogP contribution in [0.5, 0.6) is 28.7 Å². The van der Waals surface area contributed by atoms with Crippen molar-refractivity contribution in [1.29, 1.82) is 0 Å². The van der Waals surface area contributed by atoms with Gasteiger partial charge in [0.1, 0.15) is 28.7 Å². The number of benzene rings is 3. The molecule has 0 fully saturated rings. The third-order valence-electron chi connectivity index (χ3n) is 7.44. The molecule has 0 atom stereocenters. The molecule has 0 saturated carbocycles. The number of hydrogen-bond donors (Lipinski definition) is 2. The molecule has 7 nitrogen and oxygen atoms in total. The normalized spacial score (nSPS) is 11.4. The fourth-order valence-electron chi connectivity index (χ4n) is 4.62. The molecule has 0 spiro atoms. The topological polar surface area (TPSA) is 92.9 Å². The van der Waals surface area contributed by atoms with Crippen molar-refractivity contribution in [2.75, 3.05) is 19.8 Å². The molecular formula is C38H52N2O5. The maximum atomic E-state index is 10.6. The Morgan fingerprint density at radius 1 is 0.489 bits per heavy atom. The smallest absolute Gasteiger partial charge is 0.128 e. The zero-order valence-electron chi connectivity index (χ0n) is 27.5. The van der Waals surface area contributed by atoms with Crippen LogP contribution in [0.3, 0.4) is 0 Å². The van der Waals surface area contributed by atoms with Crippen molar-refractivity contribution in [3.8, 4) is 28.7 Å². The van der Waals surface area contributed by atoms with Gasteiger partial charge in [-0.05, 0) is 55.7 Å². The number of rotatable bonds is 22. The van der Waals surface area contributed by atoms with Crippen LogP contribution < -0.4 is 14.2 Å². The summed E-state index contributed by atoms with van der Waals surface area (Å²) in [6.45, 7) is 8.33. The van der Waals surface area contributed by atoms with E-state index in [2.05, 4.69) is 30.8 Å². The quantitative estimate of drug-likeness (QED) is 0.0865. The minimum absolute atomic E-state index is 0.0890. The Morgan fingerprint density at radius 3 is 1.42 bits per heavy atom. The molecular weight excluding hydrogens is 564 g/mol. The Morgan fingerprint density at radius 2 is 0.911 bits per heavy atom. The standard InChI is InChI=1S/C38H52N2O5/c1-4-7-10-11-12-13-14-15-24-45-32-20-21-35(39-28-30-16-18-33(26-37(30)41)43-22-8-5-2)36(25-32)40-29-31-17-19-34(27-38(31)42)44-23-9-6-3/h16-21,25-29,41-42H,4-15,22-24H2,1-3H3. The van der Waals surface area contributed by atoms with E-state index in [1.165, 1.54) is 38.5 Å². The van der Waals surface area contributed by atoms with Crippen LogP contribution in [0.2, 0.25) is 0 Å². The summed E-state index contributed by atoms with van der Waals surface area (Å²) in [7, 11) is 0. The molecule has 0 unspecified atom stereocenters. The molecule has 0 aliphatic carbocycles. The second-order valence-electron chi connectivity index (χ2n) is 11.3. The van der Waals surface area contributed by atoms with Crippen LogP contribution >= 0.6 is 0 Å². The van der Waals surface area contributed by atoms with E-state index in [9.17, 15) is 10.2 Å². The first-order valence-electron chi connectivity index (χ1n) is 16.8. The van der Waals surface area contributed by atoms with Crippen molar-refractivity contribution < 1.29 is 24.4 Å². The van der Waals surface area contributed by atoms with Gasteiger partial charge >= 0.3 is 0 Å². The Kier molecular flexibility index (Phi) is 16.4. The maximum absolute atomic E-state index is 10.6. The van der Waals surface area contributed by atoms with E-state index >= 15 is 0 Å². The number of phenols is 2. The van der Waals surface area contributed by atoms with Crippen LogP contribution in [0, 0.1) is 0 Å². The number of aliphatic imine (C=N–C) groups is 2. The van der Waals surface area contributed by atoms with Gasteiger partial charge in [0.05, 0.1) is 31.2 Å². The zero-order chi connectivity index (χ0) is 32.1. The van der Waals surface area contributed by atoms with Crippen LogP contribution in [0.25, 0.3) is 0 Å². The van der Waals surface area contributed by atoms with Gasteiger partial charge in [0.25, 0.3) is 0 Å². The molecule has 7 heteroatoms. The Labute approximate surface area is 270 Å². The van der Waals surface area contributed by atoms with Gasteiger partial charge in [-0.1, -0.05) is 78.6 Å². The first-order valence-corrected chi connectivity index (χ1v) is 16.8. The number of hydrogen-bond acceptors (Lipinski definition) is 7. The fourth-order valence-corrected chi connectivity index (χ4v) is 4.62. The summed E-state index contributed by atoms with van der Waals surface area (Å²) in [5.74, 6) is 2.15. The minimum Gasteiger partial charge on any atom is -0.507 e. The summed E-state index contributed by atoms with van der Waals surface area (Å²) in [6.07, 6.45) is 17.2. The first kappa shape index (κ1) is 35.5. The average Bonchev–Trinajstić information content (AvgIpc) is 3.04. The van der Waals surface area contributed by atoms with Gasteiger partial charge < -0.3 is 24.4 Å². The average molecular weight is 617 g/mol. The SMILES string of the molecule is CCCCCCCCCCOc1ccc(N=Cc2ccc(OCCCC)cc2O)c(N=Cc2ccc(OCCCC)cc2O)c1. The molecule has 244 valence electrons. The van der Waals surface area contributed by atoms with Gasteiger partial charge in [-0.15, -0.1) is 0 Å². The molecule has 0 aromatic heterocycles. The Hall–Kier alpha value is -4.00. The molecule has 3 aromatic carbocycles. The molecule has 0 radical (unpaired) electrons. The predicted molar refractivity (Wildman–Crippen MR) is 186 cm³/mol. The van der Waals surface area contributed by atoms with Crippen molar-refractivity contribution in [2.45, 2.75) is 97.8 Å². The van der Waals surface area contributed by atoms with Crippen molar-refractivity contribution in [2.24, 2.45) is 9.98 Å². The number of ether oxygens (including phenoxy) is 3. The van der Waals surface area contributed by atoms with E-state index in [0.717, 1.165) is 38.5 Å². The Balaban J connectivity index is 1.73. The van der Waals surface area contributed by atoms with E-state index in [-0.39, 0.29) is 11.5 Å². The van der Waals surface area contributed by atoms with Crippen LogP contribution in [-0.2, 0) is 0 Å². The van der Waals surface area contributed by atoms with Gasteiger partial charge in [0.15, 0.2) is 0 Å². The summed E-state index contributed by atoms with van der Waals surface area (Å²) in [6, 6.07) is 16.1. The van der Waals surface area contributed by atoms with Gasteiger partial charge in [0, 0.05) is 41.8 Å². The van der Waals surface area contributed by atoms with Crippen molar-refractivity contribution >= 4 is 23.8 Å². The highest BCUT2D eigenvalue weighted by Crippen LogP contribution is 2.34. The third-order valence-corrected chi connectivity index (χ3v) is 7.44. The van der Waals surface area contributed by atoms with Crippen LogP contribution in [0.1, 0.15) is 109 Å². The van der Waals surface area contributed by atoms with Gasteiger partial charge in [-0.2, -0.15) is 0 Å². The van der Waals surface area contributed by atoms with E-state index in [1.54, 1.807) is 36.7 Å². The molecule has 0 aliphatic rings. The highest BCUT2D eigenvalue weighted by atomic mass is 16.5. The number of unbranched alkanes of at least 4 members (excludes halogenated alkanes) is 9. The van der Waals surface area contributed by atoms with E-state index in [4.69, 9.17) is 14.2 Å². The second kappa shape index (κ2) is 20.9. The largest absolute Gasteiger partial charge is 0.507 e. The minimum atomic E-state index is 0.0890. The zero-order valence-corrected chi connectivity index (χ0v) is 27.5. The lowest BCUT2D eigenvalue weighted by Gasteiger charge is -2.09. The highest BCUT2D eigenvalue weighted by Gasteiger charge is 2.07. The molecule has 0 amide bonds. The summed E-state index contributed by atoms with van der Waals surface area (Å²) in [5, 5.41) is 21.2. The van der Waals surface area contributed by atoms with Gasteiger partial charge in [0.2, 0.25) is 0 Å². The predicted octanol–water partition coefficient (Wildman–Crippen LogP) is 10.5. The van der Waals surface area contributed by atoms with Crippen molar-refractivity contribution in [1.82, 2.24) is 0 Å². The second-order valence-corrected chi connectivity index (χ2v) is 11.3. The summed E-state index contributed by atoms with van der Waals surface area (Å²) in [4.78, 5) is 9.33. The number of nitrogens with zero attached hydrogens (tertiary/aromatic N) is 2. The molecule has 0 aliphatic heterocycles. The van der Waals surface area contributed by atoms with E-state index in [0.29, 0.717) is 59.6 Å². The molecule has 0 bridgehead atoms. The van der Waals surface area contributed by atoms with E-state index < -0.39 is 0 Å². The molecule has 3 aromatic rings. The molecule has 3 rings (SSSR count). The van der Waals surface area contributed by atoms with Gasteiger partial charge in [-0.25, -0.2) is 0 Å². The van der Waals surface area contributed by atoms with Crippen LogP contribution in [-0.4, -0.2) is 42.5 Å². The fraction of sp³-hybridized carbons (Fsp3) is 0.474. The van der Waals surface area contributed by atoms with Gasteiger partial charge in [-0.3, -0.25) is 9.98 Å². The summed E-state index contributed by atoms with van der Waals surface area (Å²) < 4.78 is 17.5. The molecule has 45 heavy (non-hydrogen) atoms. The monoisotopic (exact) mass is 616 g/mol. The lowest BCUT2D eigenvalue weighted by Crippen LogP contribution is -1.97. The lowest BCUT2D eigenvalue weighted by atomic mass is 10.1. The highest BCUT2D eigenvalue weighted by molar-refractivity contribution is 5.90. The summed E-state index contributed by atoms with van der Waals surface area (Å²) >= 11 is 0. The summed E-state index contributed by atoms with van der Waals surface area (Å²) in [5.41, 5.74) is 2.32. The van der Waals surface area contributed by atoms with Crippen LogP contribution in [0.15, 0.2) is 64.6 Å². The third kappa shape index (κ3) is 13.3. The molecule has 0 heterocycles. The van der Waals surface area contributed by atoms with Crippen LogP contribution in [0.4, 0.5) is 11.4 Å². The maximum Gasteiger partial charge on any atom is 0.128 e.